The lowest BCUT2D eigenvalue weighted by atomic mass is 10.1. The van der Waals surface area contributed by atoms with Crippen molar-refractivity contribution >= 4 is 45.5 Å². The molecule has 0 radical (unpaired) electrons. The number of aliphatic imine (C=N–C) groups is 1. The number of alkyl halides is 2. The molecule has 3 rings (SSSR count). The number of benzene rings is 1. The molecule has 0 aliphatic carbocycles. The molecule has 0 aromatic heterocycles. The topological polar surface area (TPSA) is 83.0 Å². The van der Waals surface area contributed by atoms with Gasteiger partial charge in [-0.05, 0) is 30.9 Å². The fourth-order valence-corrected chi connectivity index (χ4v) is 5.53. The lowest BCUT2D eigenvalue weighted by Crippen LogP contribution is -2.46. The molecule has 164 valence electrons. The van der Waals surface area contributed by atoms with Gasteiger partial charge < -0.3 is 20.3 Å². The van der Waals surface area contributed by atoms with Crippen LogP contribution in [0.1, 0.15) is 12.8 Å². The summed E-state index contributed by atoms with van der Waals surface area (Å²) in [6.45, 7) is -0.970. The van der Waals surface area contributed by atoms with Gasteiger partial charge in [0.2, 0.25) is 0 Å². The second-order valence-electron chi connectivity index (χ2n) is 7.14. The normalized spacial score (nSPS) is 23.7. The monoisotopic (exact) mass is 544 g/mol. The fraction of sp³-hybridized carbons (Fsp3) is 0.611. The van der Waals surface area contributed by atoms with Crippen molar-refractivity contribution in [1.82, 2.24) is 10.6 Å². The van der Waals surface area contributed by atoms with Crippen molar-refractivity contribution in [3.05, 3.63) is 24.3 Å². The number of guanidine groups is 1. The Labute approximate surface area is 187 Å². The number of nitrogens with zero attached hydrogens (tertiary/aromatic N) is 2. The lowest BCUT2D eigenvalue weighted by molar-refractivity contribution is -0.0495. The Bertz CT molecular complexity index is 810. The third-order valence-electron chi connectivity index (χ3n) is 5.06. The first-order chi connectivity index (χ1) is 13.4. The summed E-state index contributed by atoms with van der Waals surface area (Å²) in [6.07, 6.45) is 1.49. The Morgan fingerprint density at radius 3 is 2.76 bits per heavy atom. The second-order valence-corrected chi connectivity index (χ2v) is 9.37. The number of anilines is 1. The molecule has 0 amide bonds. The van der Waals surface area contributed by atoms with Crippen LogP contribution in [0.4, 0.5) is 14.5 Å². The third kappa shape index (κ3) is 6.83. The zero-order valence-corrected chi connectivity index (χ0v) is 19.3. The van der Waals surface area contributed by atoms with E-state index in [-0.39, 0.29) is 53.2 Å². The molecule has 0 saturated carbocycles. The molecule has 2 aliphatic heterocycles. The molecule has 29 heavy (non-hydrogen) atoms. The molecule has 0 bridgehead atoms. The number of para-hydroxylation sites is 2. The number of sulfone groups is 1. The summed E-state index contributed by atoms with van der Waals surface area (Å²) in [6, 6.07) is 6.87. The van der Waals surface area contributed by atoms with Crippen LogP contribution in [0, 0.1) is 5.92 Å². The Balaban J connectivity index is 0.00000300. The van der Waals surface area contributed by atoms with E-state index in [0.29, 0.717) is 37.7 Å². The molecule has 7 nitrogen and oxygen atoms in total. The zero-order valence-electron chi connectivity index (χ0n) is 16.2. The van der Waals surface area contributed by atoms with Crippen LogP contribution in [0.5, 0.6) is 5.75 Å². The van der Waals surface area contributed by atoms with Crippen LogP contribution >= 0.6 is 24.0 Å². The summed E-state index contributed by atoms with van der Waals surface area (Å²) in [5.74, 6) is 1.36. The number of halogens is 3. The zero-order chi connectivity index (χ0) is 20.1. The van der Waals surface area contributed by atoms with Gasteiger partial charge in [0.1, 0.15) is 5.75 Å². The SMILES string of the molecule is CN=C(NCC1CCS(=O)(=O)C1)NC1CCN(c2ccccc2OC(F)F)C1.I. The molecular formula is C18H27F2IN4O3S. The van der Waals surface area contributed by atoms with Gasteiger partial charge >= 0.3 is 6.61 Å². The van der Waals surface area contributed by atoms with Crippen molar-refractivity contribution in [3.8, 4) is 5.75 Å². The third-order valence-corrected chi connectivity index (χ3v) is 6.90. The number of hydrogen-bond donors (Lipinski definition) is 2. The van der Waals surface area contributed by atoms with Crippen LogP contribution in [0.25, 0.3) is 0 Å². The van der Waals surface area contributed by atoms with E-state index in [1.54, 1.807) is 31.3 Å². The Kier molecular flexibility index (Phi) is 8.73. The predicted molar refractivity (Wildman–Crippen MR) is 120 cm³/mol. The first-order valence-electron chi connectivity index (χ1n) is 9.32. The van der Waals surface area contributed by atoms with Gasteiger partial charge in [-0.25, -0.2) is 8.42 Å². The van der Waals surface area contributed by atoms with E-state index < -0.39 is 16.4 Å². The first-order valence-corrected chi connectivity index (χ1v) is 11.1. The van der Waals surface area contributed by atoms with E-state index in [9.17, 15) is 17.2 Å². The minimum atomic E-state index is -2.90. The molecule has 0 spiro atoms. The summed E-state index contributed by atoms with van der Waals surface area (Å²) in [5.41, 5.74) is 0.645. The highest BCUT2D eigenvalue weighted by atomic mass is 127. The van der Waals surface area contributed by atoms with Crippen LogP contribution < -0.4 is 20.3 Å². The average molecular weight is 544 g/mol. The Hall–Kier alpha value is -1.37. The predicted octanol–water partition coefficient (Wildman–Crippen LogP) is 2.08. The van der Waals surface area contributed by atoms with Crippen molar-refractivity contribution in [3.63, 3.8) is 0 Å². The first kappa shape index (κ1) is 23.9. The van der Waals surface area contributed by atoms with Gasteiger partial charge in [-0.2, -0.15) is 8.78 Å². The number of hydrogen-bond acceptors (Lipinski definition) is 5. The van der Waals surface area contributed by atoms with Gasteiger partial charge in [-0.1, -0.05) is 12.1 Å². The highest BCUT2D eigenvalue weighted by molar-refractivity contribution is 14.0. The highest BCUT2D eigenvalue weighted by Gasteiger charge is 2.29. The minimum absolute atomic E-state index is 0. The summed E-state index contributed by atoms with van der Waals surface area (Å²) < 4.78 is 53.0. The number of nitrogens with one attached hydrogen (secondary N) is 2. The molecule has 2 unspecified atom stereocenters. The van der Waals surface area contributed by atoms with Gasteiger partial charge in [0.25, 0.3) is 0 Å². The van der Waals surface area contributed by atoms with Gasteiger partial charge in [-0.15, -0.1) is 24.0 Å². The van der Waals surface area contributed by atoms with Crippen molar-refractivity contribution < 1.29 is 21.9 Å². The largest absolute Gasteiger partial charge is 0.433 e. The molecular weight excluding hydrogens is 517 g/mol. The Morgan fingerprint density at radius 2 is 2.10 bits per heavy atom. The maximum atomic E-state index is 12.6. The van der Waals surface area contributed by atoms with E-state index in [1.807, 2.05) is 4.90 Å². The molecule has 2 atom stereocenters. The summed E-state index contributed by atoms with van der Waals surface area (Å²) in [4.78, 5) is 6.21. The number of rotatable bonds is 6. The summed E-state index contributed by atoms with van der Waals surface area (Å²) >= 11 is 0. The van der Waals surface area contributed by atoms with Gasteiger partial charge in [-0.3, -0.25) is 4.99 Å². The van der Waals surface area contributed by atoms with Gasteiger partial charge in [0.15, 0.2) is 15.8 Å². The van der Waals surface area contributed by atoms with Gasteiger partial charge in [0.05, 0.1) is 17.2 Å². The quantitative estimate of drug-likeness (QED) is 0.325. The van der Waals surface area contributed by atoms with E-state index >= 15 is 0 Å². The maximum absolute atomic E-state index is 12.6. The van der Waals surface area contributed by atoms with Crippen molar-refractivity contribution in [2.24, 2.45) is 10.9 Å². The van der Waals surface area contributed by atoms with E-state index in [4.69, 9.17) is 0 Å². The smallest absolute Gasteiger partial charge is 0.387 e. The van der Waals surface area contributed by atoms with Crippen LogP contribution in [-0.4, -0.2) is 65.2 Å². The van der Waals surface area contributed by atoms with Crippen LogP contribution in [0.3, 0.4) is 0 Å². The molecule has 1 aromatic rings. The van der Waals surface area contributed by atoms with Crippen molar-refractivity contribution in [1.29, 1.82) is 0 Å². The molecule has 2 fully saturated rings. The molecule has 2 aliphatic rings. The molecule has 2 saturated heterocycles. The lowest BCUT2D eigenvalue weighted by Gasteiger charge is -2.23. The van der Waals surface area contributed by atoms with Crippen molar-refractivity contribution in [2.45, 2.75) is 25.5 Å². The molecule has 1 aromatic carbocycles. The van der Waals surface area contributed by atoms with Crippen molar-refractivity contribution in [2.75, 3.05) is 43.1 Å². The maximum Gasteiger partial charge on any atom is 0.387 e. The fourth-order valence-electron chi connectivity index (χ4n) is 3.67. The van der Waals surface area contributed by atoms with E-state index in [1.165, 1.54) is 0 Å². The van der Waals surface area contributed by atoms with Crippen LogP contribution in [0.15, 0.2) is 29.3 Å². The van der Waals surface area contributed by atoms with E-state index in [2.05, 4.69) is 20.4 Å². The standard InChI is InChI=1S/C18H26F2N4O3S.HI/c1-21-18(22-10-13-7-9-28(25,26)12-13)23-14-6-8-24(11-14)15-4-2-3-5-16(15)27-17(19)20;/h2-5,13-14,17H,6-12H2,1H3,(H2,21,22,23);1H. The van der Waals surface area contributed by atoms with Crippen LogP contribution in [-0.2, 0) is 9.84 Å². The second kappa shape index (κ2) is 10.6. The summed E-state index contributed by atoms with van der Waals surface area (Å²) in [7, 11) is -1.23. The Morgan fingerprint density at radius 1 is 1.34 bits per heavy atom. The van der Waals surface area contributed by atoms with Crippen LogP contribution in [0.2, 0.25) is 0 Å². The number of ether oxygens (including phenoxy) is 1. The minimum Gasteiger partial charge on any atom is -0.433 e. The highest BCUT2D eigenvalue weighted by Crippen LogP contribution is 2.31. The molecule has 11 heteroatoms. The average Bonchev–Trinajstić information content (AvgIpc) is 3.24. The summed E-state index contributed by atoms with van der Waals surface area (Å²) in [5, 5.41) is 6.53. The van der Waals surface area contributed by atoms with Gasteiger partial charge in [0, 0.05) is 32.7 Å². The molecule has 2 heterocycles. The molecule has 2 N–H and O–H groups in total. The van der Waals surface area contributed by atoms with E-state index in [0.717, 1.165) is 6.42 Å².